The molecule has 1 aromatic carbocycles. The van der Waals surface area contributed by atoms with Gasteiger partial charge in [-0.1, -0.05) is 50.1 Å². The van der Waals surface area contributed by atoms with Gasteiger partial charge in [0.25, 0.3) is 0 Å². The molecule has 0 bridgehead atoms. The summed E-state index contributed by atoms with van der Waals surface area (Å²) in [6.45, 7) is 5.19. The minimum atomic E-state index is 0.520. The molecule has 0 aliphatic heterocycles. The summed E-state index contributed by atoms with van der Waals surface area (Å²) in [6, 6.07) is 7.47. The van der Waals surface area contributed by atoms with Crippen molar-refractivity contribution in [3.63, 3.8) is 0 Å². The molecule has 0 aromatic heterocycles. The van der Waals surface area contributed by atoms with E-state index in [9.17, 15) is 0 Å². The molecular formula is C29H44O. The zero-order valence-corrected chi connectivity index (χ0v) is 19.6. The van der Waals surface area contributed by atoms with E-state index in [4.69, 9.17) is 4.74 Å². The van der Waals surface area contributed by atoms with Gasteiger partial charge in [-0.3, -0.25) is 0 Å². The van der Waals surface area contributed by atoms with Crippen molar-refractivity contribution in [3.05, 3.63) is 47.0 Å². The number of unbranched alkanes of at least 4 members (excludes halogenated alkanes) is 2. The normalized spacial score (nSPS) is 31.5. The molecule has 4 rings (SSSR count). The van der Waals surface area contributed by atoms with Crippen molar-refractivity contribution in [2.24, 2.45) is 23.7 Å². The molecule has 3 aliphatic carbocycles. The quantitative estimate of drug-likeness (QED) is 0.316. The van der Waals surface area contributed by atoms with Gasteiger partial charge in [0.05, 0.1) is 12.7 Å². The molecule has 1 nitrogen and oxygen atoms in total. The van der Waals surface area contributed by atoms with E-state index < -0.39 is 0 Å². The second-order valence-corrected chi connectivity index (χ2v) is 10.5. The van der Waals surface area contributed by atoms with Gasteiger partial charge < -0.3 is 4.74 Å². The highest BCUT2D eigenvalue weighted by Gasteiger charge is 2.38. The Balaban J connectivity index is 1.28. The van der Waals surface area contributed by atoms with Crippen molar-refractivity contribution in [1.82, 2.24) is 0 Å². The fraction of sp³-hybridized carbons (Fsp3) is 0.724. The summed E-state index contributed by atoms with van der Waals surface area (Å²) in [5.41, 5.74) is 4.93. The molecular weight excluding hydrogens is 364 g/mol. The third-order valence-corrected chi connectivity index (χ3v) is 8.54. The third-order valence-electron chi connectivity index (χ3n) is 8.54. The number of aryl methyl sites for hydroxylation is 2. The van der Waals surface area contributed by atoms with Crippen LogP contribution in [0, 0.1) is 23.7 Å². The molecule has 1 heteroatoms. The molecule has 0 N–H and O–H groups in total. The van der Waals surface area contributed by atoms with E-state index in [2.05, 4.69) is 44.2 Å². The number of benzene rings is 1. The van der Waals surface area contributed by atoms with Crippen LogP contribution < -0.4 is 0 Å². The largest absolute Gasteiger partial charge is 0.374 e. The Morgan fingerprint density at radius 3 is 2.53 bits per heavy atom. The van der Waals surface area contributed by atoms with E-state index in [-0.39, 0.29) is 0 Å². The van der Waals surface area contributed by atoms with Crippen LogP contribution in [-0.4, -0.2) is 12.7 Å². The molecule has 0 saturated heterocycles. The SMILES string of the molecule is CC=CCO[C@@H]1CC[C@@H]2CC(C3CCc4cc(CCCCC)ccc4C3)CCC2C1. The van der Waals surface area contributed by atoms with Crippen molar-refractivity contribution in [2.75, 3.05) is 6.61 Å². The molecule has 0 amide bonds. The summed E-state index contributed by atoms with van der Waals surface area (Å²) in [5, 5.41) is 0. The van der Waals surface area contributed by atoms with Crippen LogP contribution in [0.3, 0.4) is 0 Å². The van der Waals surface area contributed by atoms with Crippen LogP contribution in [-0.2, 0) is 24.0 Å². The lowest BCUT2D eigenvalue weighted by atomic mass is 9.62. The number of fused-ring (bicyclic) bond motifs is 2. The first-order valence-corrected chi connectivity index (χ1v) is 13.1. The van der Waals surface area contributed by atoms with Gasteiger partial charge in [-0.15, -0.1) is 0 Å². The van der Waals surface area contributed by atoms with E-state index in [1.807, 2.05) is 0 Å². The fourth-order valence-electron chi connectivity index (χ4n) is 6.72. The first-order valence-electron chi connectivity index (χ1n) is 13.1. The highest BCUT2D eigenvalue weighted by Crippen LogP contribution is 2.47. The number of ether oxygens (including phenoxy) is 1. The lowest BCUT2D eigenvalue weighted by Gasteiger charge is -2.45. The predicted molar refractivity (Wildman–Crippen MR) is 128 cm³/mol. The van der Waals surface area contributed by atoms with Crippen LogP contribution in [0.15, 0.2) is 30.4 Å². The Morgan fingerprint density at radius 1 is 0.900 bits per heavy atom. The second kappa shape index (κ2) is 11.0. The topological polar surface area (TPSA) is 9.23 Å². The van der Waals surface area contributed by atoms with Crippen LogP contribution in [0.25, 0.3) is 0 Å². The fourth-order valence-corrected chi connectivity index (χ4v) is 6.72. The predicted octanol–water partition coefficient (Wildman–Crippen LogP) is 7.70. The summed E-state index contributed by atoms with van der Waals surface area (Å²) < 4.78 is 6.11. The summed E-state index contributed by atoms with van der Waals surface area (Å²) >= 11 is 0. The maximum Gasteiger partial charge on any atom is 0.0651 e. The van der Waals surface area contributed by atoms with E-state index >= 15 is 0 Å². The van der Waals surface area contributed by atoms with Crippen LogP contribution in [0.1, 0.15) is 94.7 Å². The highest BCUT2D eigenvalue weighted by atomic mass is 16.5. The Labute approximate surface area is 185 Å². The zero-order chi connectivity index (χ0) is 20.8. The van der Waals surface area contributed by atoms with Crippen molar-refractivity contribution in [1.29, 1.82) is 0 Å². The number of hydrogen-bond donors (Lipinski definition) is 0. The molecule has 1 aromatic rings. The molecule has 0 radical (unpaired) electrons. The van der Waals surface area contributed by atoms with E-state index in [0.717, 1.165) is 30.3 Å². The van der Waals surface area contributed by atoms with E-state index in [1.165, 1.54) is 83.5 Å². The average Bonchev–Trinajstić information content (AvgIpc) is 2.78. The molecule has 2 fully saturated rings. The Kier molecular flexibility index (Phi) is 8.10. The molecule has 0 heterocycles. The van der Waals surface area contributed by atoms with Gasteiger partial charge in [-0.05, 0) is 118 Å². The molecule has 2 saturated carbocycles. The van der Waals surface area contributed by atoms with Gasteiger partial charge in [0.2, 0.25) is 0 Å². The second-order valence-electron chi connectivity index (χ2n) is 10.5. The highest BCUT2D eigenvalue weighted by molar-refractivity contribution is 5.34. The molecule has 3 aliphatic rings. The molecule has 3 unspecified atom stereocenters. The van der Waals surface area contributed by atoms with Crippen LogP contribution in [0.2, 0.25) is 0 Å². The minimum Gasteiger partial charge on any atom is -0.374 e. The molecule has 5 atom stereocenters. The van der Waals surface area contributed by atoms with Crippen LogP contribution in [0.5, 0.6) is 0 Å². The summed E-state index contributed by atoms with van der Waals surface area (Å²) in [4.78, 5) is 0. The van der Waals surface area contributed by atoms with Crippen molar-refractivity contribution >= 4 is 0 Å². The average molecular weight is 409 g/mol. The summed E-state index contributed by atoms with van der Waals surface area (Å²) in [7, 11) is 0. The molecule has 0 spiro atoms. The zero-order valence-electron chi connectivity index (χ0n) is 19.6. The van der Waals surface area contributed by atoms with Gasteiger partial charge in [0.15, 0.2) is 0 Å². The number of rotatable bonds is 8. The Bertz CT molecular complexity index is 690. The van der Waals surface area contributed by atoms with Gasteiger partial charge in [-0.2, -0.15) is 0 Å². The molecule has 30 heavy (non-hydrogen) atoms. The number of allylic oxidation sites excluding steroid dienone is 1. The maximum atomic E-state index is 6.11. The minimum absolute atomic E-state index is 0.520. The van der Waals surface area contributed by atoms with Gasteiger partial charge in [0.1, 0.15) is 0 Å². The lowest BCUT2D eigenvalue weighted by Crippen LogP contribution is -2.37. The van der Waals surface area contributed by atoms with Gasteiger partial charge in [-0.25, -0.2) is 0 Å². The maximum absolute atomic E-state index is 6.11. The Hall–Kier alpha value is -1.08. The Morgan fingerprint density at radius 2 is 1.70 bits per heavy atom. The lowest BCUT2D eigenvalue weighted by molar-refractivity contribution is -0.0138. The van der Waals surface area contributed by atoms with Crippen molar-refractivity contribution in [2.45, 2.75) is 103 Å². The third kappa shape index (κ3) is 5.58. The van der Waals surface area contributed by atoms with Gasteiger partial charge >= 0.3 is 0 Å². The van der Waals surface area contributed by atoms with E-state index in [1.54, 1.807) is 16.7 Å². The first kappa shape index (κ1) is 22.1. The molecule has 166 valence electrons. The summed E-state index contributed by atoms with van der Waals surface area (Å²) in [6.07, 6.45) is 22.6. The number of hydrogen-bond acceptors (Lipinski definition) is 1. The van der Waals surface area contributed by atoms with Crippen LogP contribution in [0.4, 0.5) is 0 Å². The van der Waals surface area contributed by atoms with Crippen LogP contribution >= 0.6 is 0 Å². The monoisotopic (exact) mass is 408 g/mol. The van der Waals surface area contributed by atoms with Crippen molar-refractivity contribution in [3.8, 4) is 0 Å². The smallest absolute Gasteiger partial charge is 0.0651 e. The summed E-state index contributed by atoms with van der Waals surface area (Å²) in [5.74, 6) is 3.83. The van der Waals surface area contributed by atoms with Crippen molar-refractivity contribution < 1.29 is 4.74 Å². The van der Waals surface area contributed by atoms with Gasteiger partial charge in [0, 0.05) is 0 Å². The standard InChI is InChI=1S/C29H44O/c1-3-5-7-8-22-9-10-24-19-25(12-11-23(24)18-22)26-13-14-28-21-29(30-17-6-4-2)16-15-27(28)20-26/h4,6,9-10,18,25-29H,3,5,7-8,11-17,19-21H2,1-2H3/t25?,26?,27-,28?,29-/m1/s1. The first-order chi connectivity index (χ1) is 14.8. The van der Waals surface area contributed by atoms with E-state index in [0.29, 0.717) is 6.10 Å².